The average Bonchev–Trinajstić information content (AvgIpc) is 1.69. The summed E-state index contributed by atoms with van der Waals surface area (Å²) in [6.45, 7) is 0. The molecule has 0 saturated carbocycles. The van der Waals surface area contributed by atoms with E-state index in [0.717, 1.165) is 4.90 Å². The summed E-state index contributed by atoms with van der Waals surface area (Å²) < 4.78 is 0. The Morgan fingerprint density at radius 2 is 1.75 bits per heavy atom. The molecule has 1 amide bonds. The second-order valence-electron chi connectivity index (χ2n) is 1.03. The molecule has 0 spiro atoms. The predicted octanol–water partition coefficient (Wildman–Crippen LogP) is 2.04. The lowest BCUT2D eigenvalue weighted by atomic mass is 11.0. The lowest BCUT2D eigenvalue weighted by Crippen LogP contribution is -2.22. The van der Waals surface area contributed by atoms with Gasteiger partial charge >= 0.3 is 5.37 Å². The highest BCUT2D eigenvalue weighted by atomic mass is 35.5. The number of alkyl halides is 2. The quantitative estimate of drug-likeness (QED) is 0.358. The van der Waals surface area contributed by atoms with Crippen LogP contribution in [0.1, 0.15) is 0 Å². The largest absolute Gasteiger partial charge is 0.318 e. The molecular weight excluding hydrogens is 172 g/mol. The maximum atomic E-state index is 10.1. The van der Waals surface area contributed by atoms with Crippen molar-refractivity contribution in [2.75, 3.05) is 12.0 Å². The van der Waals surface area contributed by atoms with Crippen LogP contribution in [0.3, 0.4) is 0 Å². The van der Waals surface area contributed by atoms with Crippen molar-refractivity contribution in [1.29, 1.82) is 0 Å². The highest BCUT2D eigenvalue weighted by molar-refractivity contribution is 6.63. The van der Waals surface area contributed by atoms with Crippen LogP contribution in [0.4, 0.5) is 4.79 Å². The normalized spacial score (nSPS) is 8.88. The van der Waals surface area contributed by atoms with E-state index in [1.165, 1.54) is 0 Å². The van der Waals surface area contributed by atoms with Crippen molar-refractivity contribution in [2.24, 2.45) is 0 Å². The fraction of sp³-hybridized carbons (Fsp3) is 0.667. The minimum absolute atomic E-state index is 0.0336. The second-order valence-corrected chi connectivity index (χ2v) is 1.83. The standard InChI is InChI=1S/C3H4Cl3NO/c4-1-7(2-5)3(6)8/h1-2H2. The van der Waals surface area contributed by atoms with Crippen molar-refractivity contribution in [3.63, 3.8) is 0 Å². The molecule has 0 fully saturated rings. The van der Waals surface area contributed by atoms with Crippen molar-refractivity contribution in [3.05, 3.63) is 0 Å². The number of amides is 1. The smallest absolute Gasteiger partial charge is 0.302 e. The highest BCUT2D eigenvalue weighted by Crippen LogP contribution is 1.98. The van der Waals surface area contributed by atoms with Crippen molar-refractivity contribution in [1.82, 2.24) is 4.90 Å². The summed E-state index contributed by atoms with van der Waals surface area (Å²) in [6.07, 6.45) is 0. The first-order valence-electron chi connectivity index (χ1n) is 1.78. The molecule has 0 N–H and O–H groups in total. The fourth-order valence-corrected chi connectivity index (χ4v) is 0.840. The first-order valence-corrected chi connectivity index (χ1v) is 3.23. The summed E-state index contributed by atoms with van der Waals surface area (Å²) in [5.41, 5.74) is 0. The van der Waals surface area contributed by atoms with E-state index >= 15 is 0 Å². The maximum Gasteiger partial charge on any atom is 0.318 e. The Labute approximate surface area is 62.3 Å². The highest BCUT2D eigenvalue weighted by Gasteiger charge is 2.04. The number of rotatable bonds is 2. The van der Waals surface area contributed by atoms with Gasteiger partial charge in [-0.05, 0) is 11.6 Å². The molecule has 48 valence electrons. The van der Waals surface area contributed by atoms with E-state index in [0.29, 0.717) is 0 Å². The molecule has 0 aromatic rings. The van der Waals surface area contributed by atoms with Gasteiger partial charge in [0.2, 0.25) is 0 Å². The third-order valence-electron chi connectivity index (χ3n) is 0.537. The van der Waals surface area contributed by atoms with Gasteiger partial charge in [0, 0.05) is 0 Å². The molecule has 0 aromatic carbocycles. The van der Waals surface area contributed by atoms with E-state index < -0.39 is 5.37 Å². The van der Waals surface area contributed by atoms with E-state index in [-0.39, 0.29) is 12.0 Å². The Bertz CT molecular complexity index is 82.6. The predicted molar refractivity (Wildman–Crippen MR) is 34.5 cm³/mol. The third kappa shape index (κ3) is 2.60. The number of nitrogens with zero attached hydrogens (tertiary/aromatic N) is 1. The van der Waals surface area contributed by atoms with Gasteiger partial charge in [0.15, 0.2) is 0 Å². The number of hydrogen-bond acceptors (Lipinski definition) is 1. The molecule has 0 aliphatic heterocycles. The summed E-state index contributed by atoms with van der Waals surface area (Å²) in [5, 5.41) is -0.630. The van der Waals surface area contributed by atoms with Crippen molar-refractivity contribution >= 4 is 40.2 Å². The Balaban J connectivity index is 3.52. The molecule has 2 nitrogen and oxygen atoms in total. The first-order chi connectivity index (χ1) is 3.72. The molecule has 0 heterocycles. The fourth-order valence-electron chi connectivity index (χ4n) is 0.126. The molecule has 8 heavy (non-hydrogen) atoms. The Morgan fingerprint density at radius 1 is 1.38 bits per heavy atom. The number of carbonyl (C=O) groups excluding carboxylic acids is 1. The van der Waals surface area contributed by atoms with Gasteiger partial charge in [-0.2, -0.15) is 0 Å². The zero-order valence-corrected chi connectivity index (χ0v) is 6.17. The summed E-state index contributed by atoms with van der Waals surface area (Å²) in [6, 6.07) is 0.0671. The van der Waals surface area contributed by atoms with Crippen LogP contribution >= 0.6 is 34.8 Å². The number of hydrogen-bond donors (Lipinski definition) is 0. The lowest BCUT2D eigenvalue weighted by molar-refractivity contribution is 0.236. The molecule has 0 radical (unpaired) electrons. The minimum Gasteiger partial charge on any atom is -0.302 e. The van der Waals surface area contributed by atoms with Gasteiger partial charge < -0.3 is 4.90 Å². The Morgan fingerprint density at radius 3 is 1.75 bits per heavy atom. The average molecular weight is 176 g/mol. The number of halogens is 3. The van der Waals surface area contributed by atoms with Crippen molar-refractivity contribution < 1.29 is 4.79 Å². The van der Waals surface area contributed by atoms with E-state index in [1.54, 1.807) is 0 Å². The van der Waals surface area contributed by atoms with Gasteiger partial charge in [-0.15, -0.1) is 23.2 Å². The van der Waals surface area contributed by atoms with Gasteiger partial charge in [-0.25, -0.2) is 0 Å². The maximum absolute atomic E-state index is 10.1. The molecule has 0 bridgehead atoms. The van der Waals surface area contributed by atoms with Gasteiger partial charge in [0.25, 0.3) is 0 Å². The Hall–Kier alpha value is 0.340. The molecule has 0 atom stereocenters. The summed E-state index contributed by atoms with van der Waals surface area (Å²) in [7, 11) is 0. The summed E-state index contributed by atoms with van der Waals surface area (Å²) in [5.74, 6) is 0. The lowest BCUT2D eigenvalue weighted by Gasteiger charge is -2.09. The monoisotopic (exact) mass is 175 g/mol. The summed E-state index contributed by atoms with van der Waals surface area (Å²) in [4.78, 5) is 11.2. The van der Waals surface area contributed by atoms with Crippen LogP contribution in [0.15, 0.2) is 0 Å². The zero-order chi connectivity index (χ0) is 6.57. The summed E-state index contributed by atoms with van der Waals surface area (Å²) >= 11 is 15.4. The van der Waals surface area contributed by atoms with Crippen LogP contribution < -0.4 is 0 Å². The molecule has 0 aliphatic carbocycles. The molecule has 0 unspecified atom stereocenters. The van der Waals surface area contributed by atoms with E-state index in [9.17, 15) is 4.79 Å². The van der Waals surface area contributed by atoms with E-state index in [2.05, 4.69) is 0 Å². The molecule has 5 heteroatoms. The Kier molecular flexibility index (Phi) is 4.42. The second kappa shape index (κ2) is 4.24. The van der Waals surface area contributed by atoms with Crippen LogP contribution in [0.25, 0.3) is 0 Å². The topological polar surface area (TPSA) is 20.3 Å². The van der Waals surface area contributed by atoms with Crippen LogP contribution in [0.2, 0.25) is 0 Å². The van der Waals surface area contributed by atoms with E-state index in [4.69, 9.17) is 34.8 Å². The van der Waals surface area contributed by atoms with Gasteiger partial charge in [0.05, 0.1) is 12.0 Å². The molecule has 0 aliphatic rings. The van der Waals surface area contributed by atoms with Crippen molar-refractivity contribution in [2.45, 2.75) is 0 Å². The van der Waals surface area contributed by atoms with Crippen LogP contribution in [-0.2, 0) is 0 Å². The van der Waals surface area contributed by atoms with Crippen LogP contribution in [0, 0.1) is 0 Å². The van der Waals surface area contributed by atoms with E-state index in [1.807, 2.05) is 0 Å². The molecule has 0 saturated heterocycles. The molecule has 0 rings (SSSR count). The number of carbonyl (C=O) groups is 1. The minimum atomic E-state index is -0.630. The van der Waals surface area contributed by atoms with Crippen LogP contribution in [-0.4, -0.2) is 22.3 Å². The third-order valence-corrected chi connectivity index (χ3v) is 1.35. The first kappa shape index (κ1) is 8.34. The molecular formula is C3H4Cl3NO. The SMILES string of the molecule is O=C(Cl)N(CCl)CCl. The van der Waals surface area contributed by atoms with Gasteiger partial charge in [-0.3, -0.25) is 4.79 Å². The molecule has 0 aromatic heterocycles. The van der Waals surface area contributed by atoms with Gasteiger partial charge in [-0.1, -0.05) is 0 Å². The van der Waals surface area contributed by atoms with Gasteiger partial charge in [0.1, 0.15) is 0 Å². The van der Waals surface area contributed by atoms with Crippen LogP contribution in [0.5, 0.6) is 0 Å². The zero-order valence-electron chi connectivity index (χ0n) is 3.90. The van der Waals surface area contributed by atoms with Crippen molar-refractivity contribution in [3.8, 4) is 0 Å².